The molecular formula is C13H18N4S. The van der Waals surface area contributed by atoms with Crippen molar-refractivity contribution < 1.29 is 0 Å². The highest BCUT2D eigenvalue weighted by atomic mass is 32.2. The molecule has 1 atom stereocenters. The Bertz CT molecular complexity index is 481. The topological polar surface area (TPSA) is 53.7 Å². The van der Waals surface area contributed by atoms with Crippen LogP contribution in [-0.2, 0) is 0 Å². The van der Waals surface area contributed by atoms with E-state index >= 15 is 0 Å². The Morgan fingerprint density at radius 3 is 2.56 bits per heavy atom. The number of hydrazine groups is 1. The molecule has 1 aromatic carbocycles. The van der Waals surface area contributed by atoms with Crippen molar-refractivity contribution in [1.82, 2.24) is 10.3 Å². The molecule has 4 nitrogen and oxygen atoms in total. The summed E-state index contributed by atoms with van der Waals surface area (Å²) in [5.41, 5.74) is 3.24. The van der Waals surface area contributed by atoms with Crippen molar-refractivity contribution in [2.75, 3.05) is 13.3 Å². The molecule has 96 valence electrons. The van der Waals surface area contributed by atoms with Crippen LogP contribution in [0.1, 0.15) is 12.5 Å². The van der Waals surface area contributed by atoms with Gasteiger partial charge in [-0.25, -0.2) is 5.84 Å². The molecule has 0 bridgehead atoms. The van der Waals surface area contributed by atoms with E-state index in [2.05, 4.69) is 22.4 Å². The van der Waals surface area contributed by atoms with Crippen LogP contribution in [0.2, 0.25) is 0 Å². The predicted molar refractivity (Wildman–Crippen MR) is 78.9 cm³/mol. The van der Waals surface area contributed by atoms with Crippen molar-refractivity contribution in [2.45, 2.75) is 12.4 Å². The lowest BCUT2D eigenvalue weighted by Gasteiger charge is -2.36. The fourth-order valence-corrected chi connectivity index (χ4v) is 2.65. The molecule has 5 heteroatoms. The normalized spacial score (nSPS) is 22.3. The first-order valence-corrected chi connectivity index (χ1v) is 7.04. The van der Waals surface area contributed by atoms with Gasteiger partial charge in [0.05, 0.1) is 0 Å². The van der Waals surface area contributed by atoms with E-state index in [9.17, 15) is 0 Å². The quantitative estimate of drug-likeness (QED) is 0.799. The molecular weight excluding hydrogens is 244 g/mol. The van der Waals surface area contributed by atoms with E-state index in [0.717, 1.165) is 22.7 Å². The zero-order valence-electron chi connectivity index (χ0n) is 10.8. The highest BCUT2D eigenvalue weighted by Crippen LogP contribution is 2.27. The molecule has 0 aliphatic carbocycles. The third-order valence-corrected chi connectivity index (χ3v) is 3.80. The lowest BCUT2D eigenvalue weighted by atomic mass is 10.0. The van der Waals surface area contributed by atoms with E-state index in [1.807, 2.05) is 31.4 Å². The second-order valence-corrected chi connectivity index (χ2v) is 4.96. The van der Waals surface area contributed by atoms with Gasteiger partial charge in [-0.05, 0) is 18.7 Å². The summed E-state index contributed by atoms with van der Waals surface area (Å²) in [6, 6.07) is 10.2. The molecule has 1 aliphatic heterocycles. The average Bonchev–Trinajstić information content (AvgIpc) is 2.42. The number of thioether (sulfide) groups is 1. The summed E-state index contributed by atoms with van der Waals surface area (Å²) in [5.74, 6) is 7.00. The molecule has 18 heavy (non-hydrogen) atoms. The van der Waals surface area contributed by atoms with E-state index in [1.54, 1.807) is 23.8 Å². The maximum atomic E-state index is 6.11. The largest absolute Gasteiger partial charge is 0.340 e. The van der Waals surface area contributed by atoms with Crippen molar-refractivity contribution in [2.24, 2.45) is 10.8 Å². The second kappa shape index (κ2) is 5.46. The van der Waals surface area contributed by atoms with E-state index < -0.39 is 0 Å². The Hall–Kier alpha value is -1.46. The molecule has 3 N–H and O–H groups in total. The average molecular weight is 262 g/mol. The zero-order chi connectivity index (χ0) is 13.1. The fraction of sp³-hybridized carbons (Fsp3) is 0.308. The highest BCUT2D eigenvalue weighted by molar-refractivity contribution is 7.99. The van der Waals surface area contributed by atoms with Gasteiger partial charge in [-0.15, -0.1) is 11.8 Å². The number of nitrogens with one attached hydrogen (secondary N) is 1. The van der Waals surface area contributed by atoms with Gasteiger partial charge in [0.25, 0.3) is 0 Å². The third kappa shape index (κ3) is 2.23. The van der Waals surface area contributed by atoms with Crippen molar-refractivity contribution in [3.63, 3.8) is 0 Å². The number of hydrogen-bond acceptors (Lipinski definition) is 4. The van der Waals surface area contributed by atoms with Crippen molar-refractivity contribution in [1.29, 1.82) is 0 Å². The SMILES string of the molecule is CN=C1NC(SC)N(N)C(C)=C1c1ccccc1. The number of benzene rings is 1. The number of allylic oxidation sites excluding steroid dienone is 1. The molecule has 0 fully saturated rings. The molecule has 0 radical (unpaired) electrons. The molecule has 1 heterocycles. The third-order valence-electron chi connectivity index (χ3n) is 3.01. The van der Waals surface area contributed by atoms with E-state index in [1.165, 1.54) is 0 Å². The Morgan fingerprint density at radius 1 is 1.33 bits per heavy atom. The molecule has 0 saturated carbocycles. The van der Waals surface area contributed by atoms with Crippen LogP contribution in [-0.4, -0.2) is 29.6 Å². The molecule has 0 amide bonds. The van der Waals surface area contributed by atoms with Crippen LogP contribution in [0.15, 0.2) is 41.0 Å². The van der Waals surface area contributed by atoms with Crippen LogP contribution in [0.4, 0.5) is 0 Å². The molecule has 1 unspecified atom stereocenters. The molecule has 2 rings (SSSR count). The molecule has 0 aromatic heterocycles. The van der Waals surface area contributed by atoms with Crippen LogP contribution in [0.5, 0.6) is 0 Å². The van der Waals surface area contributed by atoms with Crippen LogP contribution < -0.4 is 11.2 Å². The van der Waals surface area contributed by atoms with Gasteiger partial charge < -0.3 is 5.32 Å². The predicted octanol–water partition coefficient (Wildman–Crippen LogP) is 1.87. The standard InChI is InChI=1S/C13H18N4S/c1-9-11(10-7-5-4-6-8-10)12(15-2)16-13(18-3)17(9)14/h4-8,13H,14H2,1-3H3,(H,15,16). The first-order valence-electron chi connectivity index (χ1n) is 5.75. The lowest BCUT2D eigenvalue weighted by molar-refractivity contribution is 0.319. The number of aliphatic imine (C=N–C) groups is 1. The zero-order valence-corrected chi connectivity index (χ0v) is 11.7. The van der Waals surface area contributed by atoms with Crippen LogP contribution in [0.25, 0.3) is 5.57 Å². The van der Waals surface area contributed by atoms with Gasteiger partial charge in [0.15, 0.2) is 5.50 Å². The van der Waals surface area contributed by atoms with Gasteiger partial charge >= 0.3 is 0 Å². The number of nitrogens with two attached hydrogens (primary N) is 1. The molecule has 0 saturated heterocycles. The number of hydrogen-bond donors (Lipinski definition) is 2. The summed E-state index contributed by atoms with van der Waals surface area (Å²) >= 11 is 1.65. The summed E-state index contributed by atoms with van der Waals surface area (Å²) in [6.07, 6.45) is 2.02. The van der Waals surface area contributed by atoms with Crippen LogP contribution >= 0.6 is 11.8 Å². The molecule has 1 aromatic rings. The summed E-state index contributed by atoms with van der Waals surface area (Å²) in [6.45, 7) is 2.03. The van der Waals surface area contributed by atoms with Gasteiger partial charge in [0.1, 0.15) is 5.84 Å². The van der Waals surface area contributed by atoms with Gasteiger partial charge in [-0.3, -0.25) is 10.0 Å². The number of rotatable bonds is 2. The Balaban J connectivity index is 2.52. The van der Waals surface area contributed by atoms with Crippen molar-refractivity contribution in [3.8, 4) is 0 Å². The summed E-state index contributed by atoms with van der Waals surface area (Å²) in [5, 5.41) is 5.09. The Labute approximate surface area is 112 Å². The summed E-state index contributed by atoms with van der Waals surface area (Å²) < 4.78 is 0. The second-order valence-electron chi connectivity index (χ2n) is 4.04. The van der Waals surface area contributed by atoms with Gasteiger partial charge in [-0.1, -0.05) is 30.3 Å². The lowest BCUT2D eigenvalue weighted by Crippen LogP contribution is -2.53. The minimum Gasteiger partial charge on any atom is -0.340 e. The maximum absolute atomic E-state index is 6.11. The summed E-state index contributed by atoms with van der Waals surface area (Å²) in [7, 11) is 1.79. The maximum Gasteiger partial charge on any atom is 0.162 e. The Kier molecular flexibility index (Phi) is 3.93. The minimum absolute atomic E-state index is 0.0242. The van der Waals surface area contributed by atoms with E-state index in [-0.39, 0.29) is 5.50 Å². The number of nitrogens with zero attached hydrogens (tertiary/aromatic N) is 2. The Morgan fingerprint density at radius 2 is 2.00 bits per heavy atom. The van der Waals surface area contributed by atoms with Crippen LogP contribution in [0.3, 0.4) is 0 Å². The molecule has 0 spiro atoms. The number of amidine groups is 1. The van der Waals surface area contributed by atoms with Gasteiger partial charge in [0.2, 0.25) is 0 Å². The fourth-order valence-electron chi connectivity index (χ4n) is 2.03. The highest BCUT2D eigenvalue weighted by Gasteiger charge is 2.27. The molecule has 1 aliphatic rings. The van der Waals surface area contributed by atoms with Gasteiger partial charge in [-0.2, -0.15) is 0 Å². The van der Waals surface area contributed by atoms with Crippen LogP contribution in [0, 0.1) is 0 Å². The van der Waals surface area contributed by atoms with Crippen molar-refractivity contribution in [3.05, 3.63) is 41.6 Å². The minimum atomic E-state index is 0.0242. The first-order chi connectivity index (χ1) is 8.69. The van der Waals surface area contributed by atoms with E-state index in [4.69, 9.17) is 5.84 Å². The summed E-state index contributed by atoms with van der Waals surface area (Å²) in [4.78, 5) is 4.34. The smallest absolute Gasteiger partial charge is 0.162 e. The van der Waals surface area contributed by atoms with E-state index in [0.29, 0.717) is 0 Å². The van der Waals surface area contributed by atoms with Crippen molar-refractivity contribution >= 4 is 23.2 Å². The monoisotopic (exact) mass is 262 g/mol. The van der Waals surface area contributed by atoms with Gasteiger partial charge in [0, 0.05) is 18.3 Å². The first kappa shape index (κ1) is 13.0.